The van der Waals surface area contributed by atoms with Gasteiger partial charge in [0, 0.05) is 35.3 Å². The average Bonchev–Trinajstić information content (AvgIpc) is 3.24. The van der Waals surface area contributed by atoms with Gasteiger partial charge < -0.3 is 19.7 Å². The maximum absolute atomic E-state index is 15.7. The van der Waals surface area contributed by atoms with Gasteiger partial charge in [0.1, 0.15) is 26.5 Å². The first kappa shape index (κ1) is 30.4. The van der Waals surface area contributed by atoms with Crippen molar-refractivity contribution in [1.29, 1.82) is 0 Å². The van der Waals surface area contributed by atoms with E-state index in [1.54, 1.807) is 23.6 Å². The number of ether oxygens (including phenoxy) is 2. The fourth-order valence-corrected chi connectivity index (χ4v) is 9.04. The largest absolute Gasteiger partial charge is 0.497 e. The summed E-state index contributed by atoms with van der Waals surface area (Å²) in [5.74, 6) is 0.356. The van der Waals surface area contributed by atoms with E-state index in [0.29, 0.717) is 29.2 Å². The molecule has 0 spiro atoms. The minimum absolute atomic E-state index is 0.0736. The van der Waals surface area contributed by atoms with E-state index in [2.05, 4.69) is 15.2 Å². The van der Waals surface area contributed by atoms with Gasteiger partial charge >= 0.3 is 0 Å². The Morgan fingerprint density at radius 1 is 1.15 bits per heavy atom. The molecule has 1 N–H and O–H groups in total. The number of benzene rings is 2. The van der Waals surface area contributed by atoms with Gasteiger partial charge in [0.15, 0.2) is 5.13 Å². The van der Waals surface area contributed by atoms with Crippen LogP contribution in [0, 0.1) is 17.7 Å². The van der Waals surface area contributed by atoms with Crippen LogP contribution in [0.25, 0.3) is 0 Å². The molecule has 2 aliphatic rings. The number of likely N-dealkylation sites (N-methyl/N-ethyl adjacent to an activating group) is 1. The maximum atomic E-state index is 15.7. The van der Waals surface area contributed by atoms with Gasteiger partial charge in [-0.1, -0.05) is 11.6 Å². The standard InChI is InChI=1S/C27H30Cl3FN4O4S2/c1-34(2)23-11-18-17(27(18,29)30)10-22(23)33-21-13-20(31)25(12-19(21)28)41(36,37)35(26-32-7-8-40-26)14-15-5-6-16(38-3)9-24(15)39-4/h5-9,12-13,17-18,22-23,33H,10-11,14H2,1-4H3/t17-,18+,22-,23-/m1/s1. The third-order valence-corrected chi connectivity index (χ3v) is 12.0. The molecule has 0 unspecified atom stereocenters. The number of hydrogen-bond acceptors (Lipinski definition) is 8. The maximum Gasteiger partial charge on any atom is 0.269 e. The molecule has 41 heavy (non-hydrogen) atoms. The van der Waals surface area contributed by atoms with Crippen molar-refractivity contribution in [2.75, 3.05) is 37.9 Å². The van der Waals surface area contributed by atoms with Gasteiger partial charge in [-0.05, 0) is 63.0 Å². The summed E-state index contributed by atoms with van der Waals surface area (Å²) < 4.78 is 54.6. The molecular formula is C27H30Cl3FN4O4S2. The van der Waals surface area contributed by atoms with Crippen molar-refractivity contribution in [2.24, 2.45) is 11.8 Å². The highest BCUT2D eigenvalue weighted by Gasteiger charge is 2.66. The summed E-state index contributed by atoms with van der Waals surface area (Å²) in [6, 6.07) is 7.27. The number of nitrogens with one attached hydrogen (secondary N) is 1. The lowest BCUT2D eigenvalue weighted by Crippen LogP contribution is -2.46. The molecule has 3 aromatic rings. The Bertz CT molecular complexity index is 1520. The summed E-state index contributed by atoms with van der Waals surface area (Å²) in [5, 5.41) is 5.23. The summed E-state index contributed by atoms with van der Waals surface area (Å²) in [7, 11) is 2.49. The van der Waals surface area contributed by atoms with Gasteiger partial charge in [0.05, 0.1) is 31.5 Å². The molecule has 2 aromatic carbocycles. The van der Waals surface area contributed by atoms with Gasteiger partial charge in [0.2, 0.25) is 0 Å². The molecule has 14 heteroatoms. The van der Waals surface area contributed by atoms with Crippen LogP contribution in [0.3, 0.4) is 0 Å². The molecule has 2 aliphatic carbocycles. The molecule has 222 valence electrons. The highest BCUT2D eigenvalue weighted by Crippen LogP contribution is 2.65. The number of halogens is 4. The van der Waals surface area contributed by atoms with E-state index in [0.717, 1.165) is 34.2 Å². The van der Waals surface area contributed by atoms with Crippen LogP contribution in [-0.2, 0) is 16.6 Å². The lowest BCUT2D eigenvalue weighted by Gasteiger charge is -2.36. The van der Waals surface area contributed by atoms with Crippen molar-refractivity contribution >= 4 is 67.0 Å². The van der Waals surface area contributed by atoms with Crippen molar-refractivity contribution in [2.45, 2.75) is 40.7 Å². The zero-order chi connectivity index (χ0) is 29.7. The van der Waals surface area contributed by atoms with Crippen LogP contribution in [0.5, 0.6) is 11.5 Å². The van der Waals surface area contributed by atoms with Crippen LogP contribution < -0.4 is 19.1 Å². The van der Waals surface area contributed by atoms with Crippen LogP contribution in [0.2, 0.25) is 5.02 Å². The van der Waals surface area contributed by atoms with Crippen molar-refractivity contribution in [3.05, 3.63) is 58.3 Å². The molecule has 0 saturated heterocycles. The Kier molecular flexibility index (Phi) is 8.59. The van der Waals surface area contributed by atoms with E-state index in [9.17, 15) is 8.42 Å². The van der Waals surface area contributed by atoms with Crippen LogP contribution in [0.1, 0.15) is 18.4 Å². The molecule has 1 aromatic heterocycles. The number of hydrogen-bond donors (Lipinski definition) is 1. The summed E-state index contributed by atoms with van der Waals surface area (Å²) in [6.45, 7) is -0.159. The number of aromatic nitrogens is 1. The zero-order valence-corrected chi connectivity index (χ0v) is 26.7. The molecule has 4 atom stereocenters. The van der Waals surface area contributed by atoms with E-state index in [1.807, 2.05) is 14.1 Å². The van der Waals surface area contributed by atoms with Gasteiger partial charge in [0.25, 0.3) is 10.0 Å². The minimum Gasteiger partial charge on any atom is -0.497 e. The van der Waals surface area contributed by atoms with Crippen LogP contribution >= 0.6 is 46.1 Å². The molecular weight excluding hydrogens is 634 g/mol. The molecule has 2 saturated carbocycles. The second-order valence-electron chi connectivity index (χ2n) is 10.4. The highest BCUT2D eigenvalue weighted by molar-refractivity contribution is 7.93. The Morgan fingerprint density at radius 3 is 2.51 bits per heavy atom. The third kappa shape index (κ3) is 5.81. The fourth-order valence-electron chi connectivity index (χ4n) is 5.57. The monoisotopic (exact) mass is 662 g/mol. The Labute approximate surface area is 258 Å². The fraction of sp³-hybridized carbons (Fsp3) is 0.444. The van der Waals surface area contributed by atoms with Gasteiger partial charge in [-0.2, -0.15) is 0 Å². The molecule has 8 nitrogen and oxygen atoms in total. The zero-order valence-electron chi connectivity index (χ0n) is 22.8. The topological polar surface area (TPSA) is 84.0 Å². The molecule has 2 fully saturated rings. The van der Waals surface area contributed by atoms with Gasteiger partial charge in [-0.15, -0.1) is 34.5 Å². The first-order valence-electron chi connectivity index (χ1n) is 12.8. The van der Waals surface area contributed by atoms with Crippen LogP contribution in [0.15, 0.2) is 46.8 Å². The molecule has 0 bridgehead atoms. The first-order valence-corrected chi connectivity index (χ1v) is 16.3. The van der Waals surface area contributed by atoms with Crippen molar-refractivity contribution in [3.63, 3.8) is 0 Å². The Hall–Kier alpha value is -2.02. The lowest BCUT2D eigenvalue weighted by molar-refractivity contribution is 0.204. The van der Waals surface area contributed by atoms with Crippen molar-refractivity contribution < 1.29 is 22.3 Å². The summed E-state index contributed by atoms with van der Waals surface area (Å²) in [5.41, 5.74) is 0.836. The first-order chi connectivity index (χ1) is 19.4. The number of nitrogens with zero attached hydrogens (tertiary/aromatic N) is 3. The van der Waals surface area contributed by atoms with E-state index < -0.39 is 25.1 Å². The normalized spacial score (nSPS) is 23.1. The number of fused-ring (bicyclic) bond motifs is 1. The smallest absolute Gasteiger partial charge is 0.269 e. The Balaban J connectivity index is 1.46. The number of rotatable bonds is 10. The van der Waals surface area contributed by atoms with E-state index in [1.165, 1.54) is 20.4 Å². The number of sulfonamides is 1. The third-order valence-electron chi connectivity index (χ3n) is 7.87. The SMILES string of the molecule is COc1ccc(CN(c2nccs2)S(=O)(=O)c2cc(Cl)c(N[C@@H]3C[C@@H]4[C@H](C[C@H]3N(C)C)C4(Cl)Cl)cc2F)c(OC)c1. The molecule has 0 radical (unpaired) electrons. The second-order valence-corrected chi connectivity index (χ2v) is 15.0. The number of alkyl halides is 2. The summed E-state index contributed by atoms with van der Waals surface area (Å²) in [4.78, 5) is 5.71. The molecule has 0 amide bonds. The van der Waals surface area contributed by atoms with Crippen LogP contribution in [0.4, 0.5) is 15.2 Å². The van der Waals surface area contributed by atoms with Crippen molar-refractivity contribution in [1.82, 2.24) is 9.88 Å². The number of anilines is 2. The van der Waals surface area contributed by atoms with E-state index in [4.69, 9.17) is 44.3 Å². The summed E-state index contributed by atoms with van der Waals surface area (Å²) in [6.07, 6.45) is 2.95. The van der Waals surface area contributed by atoms with Crippen molar-refractivity contribution in [3.8, 4) is 11.5 Å². The lowest BCUT2D eigenvalue weighted by atomic mass is 9.89. The highest BCUT2D eigenvalue weighted by atomic mass is 35.5. The Morgan fingerprint density at radius 2 is 1.88 bits per heavy atom. The van der Waals surface area contributed by atoms with E-state index >= 15 is 4.39 Å². The summed E-state index contributed by atoms with van der Waals surface area (Å²) >= 11 is 20.7. The molecule has 1 heterocycles. The second kappa shape index (κ2) is 11.6. The predicted octanol–water partition coefficient (Wildman–Crippen LogP) is 6.27. The number of thiazole rings is 1. The molecule has 0 aliphatic heterocycles. The van der Waals surface area contributed by atoms with Gasteiger partial charge in [-0.25, -0.2) is 22.1 Å². The predicted molar refractivity (Wildman–Crippen MR) is 162 cm³/mol. The minimum atomic E-state index is -4.44. The van der Waals surface area contributed by atoms with E-state index in [-0.39, 0.29) is 40.6 Å². The average molecular weight is 664 g/mol. The molecule has 5 rings (SSSR count). The quantitative estimate of drug-likeness (QED) is 0.256. The number of methoxy groups -OCH3 is 2. The van der Waals surface area contributed by atoms with Gasteiger partial charge in [-0.3, -0.25) is 0 Å². The van der Waals surface area contributed by atoms with Crippen LogP contribution in [-0.4, -0.2) is 63.0 Å².